The van der Waals surface area contributed by atoms with Crippen LogP contribution < -0.4 is 10.1 Å². The number of ether oxygens (including phenoxy) is 1. The Labute approximate surface area is 187 Å². The Balaban J connectivity index is 1.47. The van der Waals surface area contributed by atoms with E-state index in [0.717, 1.165) is 58.4 Å². The Hall–Kier alpha value is -2.98. The molecule has 5 rings (SSSR count). The number of nitrogens with zero attached hydrogens (tertiary/aromatic N) is 2. The van der Waals surface area contributed by atoms with E-state index in [-0.39, 0.29) is 6.10 Å². The fourth-order valence-corrected chi connectivity index (χ4v) is 4.58. The minimum Gasteiger partial charge on any atom is -0.490 e. The van der Waals surface area contributed by atoms with E-state index in [1.54, 1.807) is 0 Å². The maximum atomic E-state index is 6.31. The van der Waals surface area contributed by atoms with Crippen LogP contribution in [0.1, 0.15) is 36.4 Å². The number of aromatic nitrogens is 2. The molecule has 0 spiro atoms. The van der Waals surface area contributed by atoms with Crippen molar-refractivity contribution in [1.29, 1.82) is 0 Å². The molecule has 158 valence electrons. The molecule has 3 aromatic carbocycles. The molecule has 1 aliphatic rings. The first-order valence-electron chi connectivity index (χ1n) is 10.8. The van der Waals surface area contributed by atoms with Crippen LogP contribution in [-0.2, 0) is 19.4 Å². The molecule has 0 bridgehead atoms. The molecule has 4 nitrogen and oxygen atoms in total. The van der Waals surface area contributed by atoms with Crippen molar-refractivity contribution in [2.45, 2.75) is 46.3 Å². The fraction of sp³-hybridized carbons (Fsp3) is 0.269. The lowest BCUT2D eigenvalue weighted by Crippen LogP contribution is -2.07. The first-order chi connectivity index (χ1) is 15.0. The van der Waals surface area contributed by atoms with E-state index in [9.17, 15) is 0 Å². The second kappa shape index (κ2) is 7.93. The standard InChI is InChI=1S/C26H26ClN3O/c1-4-26-29-22-11-9-20(27)13-24(22)30(26)23-7-5-6-19(17(23)3)15-28-21-10-8-18-12-16(2)31-25(18)14-21/h5-11,13-14,16,28H,4,12,15H2,1-3H3. The van der Waals surface area contributed by atoms with Gasteiger partial charge < -0.3 is 10.1 Å². The van der Waals surface area contributed by atoms with Gasteiger partial charge in [-0.25, -0.2) is 4.98 Å². The van der Waals surface area contributed by atoms with Gasteiger partial charge in [-0.3, -0.25) is 4.57 Å². The Bertz CT molecular complexity index is 1280. The van der Waals surface area contributed by atoms with E-state index >= 15 is 0 Å². The maximum Gasteiger partial charge on any atom is 0.125 e. The quantitative estimate of drug-likeness (QED) is 0.392. The third-order valence-corrected chi connectivity index (χ3v) is 6.28. The highest BCUT2D eigenvalue weighted by atomic mass is 35.5. The Morgan fingerprint density at radius 1 is 1.16 bits per heavy atom. The Morgan fingerprint density at radius 2 is 2.03 bits per heavy atom. The monoisotopic (exact) mass is 431 g/mol. The van der Waals surface area contributed by atoms with Crippen LogP contribution in [0.25, 0.3) is 16.7 Å². The highest BCUT2D eigenvalue weighted by Crippen LogP contribution is 2.32. The maximum absolute atomic E-state index is 6.31. The summed E-state index contributed by atoms with van der Waals surface area (Å²) in [5.74, 6) is 2.03. The minimum absolute atomic E-state index is 0.260. The van der Waals surface area contributed by atoms with Gasteiger partial charge in [-0.05, 0) is 60.9 Å². The molecular weight excluding hydrogens is 406 g/mol. The van der Waals surface area contributed by atoms with Crippen LogP contribution in [0.2, 0.25) is 5.02 Å². The molecule has 0 saturated carbocycles. The summed E-state index contributed by atoms with van der Waals surface area (Å²) in [6.45, 7) is 7.16. The zero-order valence-corrected chi connectivity index (χ0v) is 18.8. The van der Waals surface area contributed by atoms with Gasteiger partial charge in [-0.2, -0.15) is 0 Å². The summed E-state index contributed by atoms with van der Waals surface area (Å²) in [6, 6.07) is 18.7. The molecular formula is C26H26ClN3O. The van der Waals surface area contributed by atoms with Gasteiger partial charge in [0.15, 0.2) is 0 Å². The second-order valence-electron chi connectivity index (χ2n) is 8.22. The second-order valence-corrected chi connectivity index (χ2v) is 8.66. The number of benzene rings is 3. The topological polar surface area (TPSA) is 39.1 Å². The highest BCUT2D eigenvalue weighted by molar-refractivity contribution is 6.31. The smallest absolute Gasteiger partial charge is 0.125 e. The number of hydrogen-bond acceptors (Lipinski definition) is 3. The van der Waals surface area contributed by atoms with Crippen LogP contribution in [0.4, 0.5) is 5.69 Å². The number of rotatable bonds is 5. The summed E-state index contributed by atoms with van der Waals surface area (Å²) >= 11 is 6.31. The summed E-state index contributed by atoms with van der Waals surface area (Å²) < 4.78 is 8.15. The van der Waals surface area contributed by atoms with Gasteiger partial charge in [0.1, 0.15) is 17.7 Å². The van der Waals surface area contributed by atoms with E-state index in [4.69, 9.17) is 21.3 Å². The van der Waals surface area contributed by atoms with Crippen molar-refractivity contribution >= 4 is 28.3 Å². The zero-order valence-electron chi connectivity index (χ0n) is 18.1. The van der Waals surface area contributed by atoms with E-state index < -0.39 is 0 Å². The average molecular weight is 432 g/mol. The number of imidazole rings is 1. The summed E-state index contributed by atoms with van der Waals surface area (Å²) in [5.41, 5.74) is 8.00. The summed E-state index contributed by atoms with van der Waals surface area (Å²) in [6.07, 6.45) is 2.09. The Morgan fingerprint density at radius 3 is 2.87 bits per heavy atom. The van der Waals surface area contributed by atoms with E-state index in [1.165, 1.54) is 16.7 Å². The number of hydrogen-bond donors (Lipinski definition) is 1. The zero-order chi connectivity index (χ0) is 21.5. The molecule has 0 amide bonds. The predicted octanol–water partition coefficient (Wildman–Crippen LogP) is 6.49. The fourth-order valence-electron chi connectivity index (χ4n) is 4.42. The molecule has 31 heavy (non-hydrogen) atoms. The van der Waals surface area contributed by atoms with E-state index in [0.29, 0.717) is 0 Å². The van der Waals surface area contributed by atoms with Crippen molar-refractivity contribution < 1.29 is 4.74 Å². The molecule has 4 aromatic rings. The molecule has 0 aliphatic carbocycles. The largest absolute Gasteiger partial charge is 0.490 e. The average Bonchev–Trinajstić information content (AvgIpc) is 3.31. The van der Waals surface area contributed by atoms with Crippen LogP contribution in [0, 0.1) is 6.92 Å². The van der Waals surface area contributed by atoms with Crippen molar-refractivity contribution in [1.82, 2.24) is 9.55 Å². The van der Waals surface area contributed by atoms with Crippen molar-refractivity contribution in [3.8, 4) is 11.4 Å². The molecule has 2 heterocycles. The van der Waals surface area contributed by atoms with Crippen LogP contribution in [0.3, 0.4) is 0 Å². The minimum atomic E-state index is 0.260. The number of halogens is 1. The van der Waals surface area contributed by atoms with E-state index in [2.05, 4.69) is 67.1 Å². The van der Waals surface area contributed by atoms with Gasteiger partial charge in [-0.15, -0.1) is 0 Å². The van der Waals surface area contributed by atoms with Crippen molar-refractivity contribution in [2.24, 2.45) is 0 Å². The normalized spacial score (nSPS) is 15.2. The third kappa shape index (κ3) is 3.66. The third-order valence-electron chi connectivity index (χ3n) is 6.05. The van der Waals surface area contributed by atoms with Crippen molar-refractivity contribution in [3.63, 3.8) is 0 Å². The van der Waals surface area contributed by atoms with Gasteiger partial charge in [0, 0.05) is 36.2 Å². The molecule has 1 aromatic heterocycles. The lowest BCUT2D eigenvalue weighted by atomic mass is 10.1. The number of aryl methyl sites for hydroxylation is 1. The number of fused-ring (bicyclic) bond motifs is 2. The van der Waals surface area contributed by atoms with Gasteiger partial charge >= 0.3 is 0 Å². The molecule has 0 fully saturated rings. The molecule has 1 N–H and O–H groups in total. The van der Waals surface area contributed by atoms with Crippen LogP contribution in [-0.4, -0.2) is 15.7 Å². The SMILES string of the molecule is CCc1nc2ccc(Cl)cc2n1-c1cccc(CNc2ccc3c(c2)OC(C)C3)c1C. The Kier molecular flexibility index (Phi) is 5.11. The highest BCUT2D eigenvalue weighted by Gasteiger charge is 2.19. The first kappa shape index (κ1) is 20.0. The lowest BCUT2D eigenvalue weighted by Gasteiger charge is -2.16. The molecule has 1 atom stereocenters. The summed E-state index contributed by atoms with van der Waals surface area (Å²) in [4.78, 5) is 4.83. The predicted molar refractivity (Wildman–Crippen MR) is 128 cm³/mol. The lowest BCUT2D eigenvalue weighted by molar-refractivity contribution is 0.255. The van der Waals surface area contributed by atoms with Crippen molar-refractivity contribution in [3.05, 3.63) is 82.1 Å². The van der Waals surface area contributed by atoms with Gasteiger partial charge in [0.25, 0.3) is 0 Å². The van der Waals surface area contributed by atoms with Gasteiger partial charge in [-0.1, -0.05) is 36.7 Å². The number of anilines is 1. The van der Waals surface area contributed by atoms with Crippen molar-refractivity contribution in [2.75, 3.05) is 5.32 Å². The first-order valence-corrected chi connectivity index (χ1v) is 11.2. The molecule has 0 saturated heterocycles. The summed E-state index contributed by atoms with van der Waals surface area (Å²) in [7, 11) is 0. The van der Waals surface area contributed by atoms with Crippen LogP contribution >= 0.6 is 11.6 Å². The molecule has 0 radical (unpaired) electrons. The molecule has 1 aliphatic heterocycles. The van der Waals surface area contributed by atoms with E-state index in [1.807, 2.05) is 18.2 Å². The number of nitrogens with one attached hydrogen (secondary N) is 1. The van der Waals surface area contributed by atoms with Gasteiger partial charge in [0.05, 0.1) is 16.7 Å². The summed E-state index contributed by atoms with van der Waals surface area (Å²) in [5, 5.41) is 4.29. The molecule has 1 unspecified atom stereocenters. The van der Waals surface area contributed by atoms with Crippen LogP contribution in [0.5, 0.6) is 5.75 Å². The molecule has 5 heteroatoms. The van der Waals surface area contributed by atoms with Gasteiger partial charge in [0.2, 0.25) is 0 Å². The van der Waals surface area contributed by atoms with Crippen LogP contribution in [0.15, 0.2) is 54.6 Å².